The molecule has 0 nitrogen and oxygen atoms in total. The topological polar surface area (TPSA) is 0 Å². The molecule has 1 fully saturated rings. The maximum Gasteiger partial charge on any atom is 0.162 e. The molecule has 0 bridgehead atoms. The van der Waals surface area contributed by atoms with Crippen LogP contribution in [0.4, 0.5) is 13.2 Å². The summed E-state index contributed by atoms with van der Waals surface area (Å²) in [5.74, 6) is -0.664. The summed E-state index contributed by atoms with van der Waals surface area (Å²) in [6, 6.07) is 9.26. The van der Waals surface area contributed by atoms with E-state index in [1.165, 1.54) is 0 Å². The number of aryl methyl sites for hydroxylation is 3. The van der Waals surface area contributed by atoms with Gasteiger partial charge in [-0.25, -0.2) is 13.2 Å². The molecule has 1 saturated carbocycles. The molecule has 0 heterocycles. The average molecular weight is 417 g/mol. The van der Waals surface area contributed by atoms with E-state index in [0.29, 0.717) is 23.5 Å². The fourth-order valence-corrected chi connectivity index (χ4v) is 4.83. The Bertz CT molecular complexity index is 819. The Morgan fingerprint density at radius 2 is 1.50 bits per heavy atom. The summed E-state index contributed by atoms with van der Waals surface area (Å²) in [7, 11) is 0. The molecule has 2 aromatic rings. The SMILES string of the molecule is CCCCc1ccc(C2CCC(CCc3ccc(CCC)c(F)c3)CC2)c(F)c1F. The van der Waals surface area contributed by atoms with Crippen molar-refractivity contribution < 1.29 is 13.2 Å². The van der Waals surface area contributed by atoms with Crippen LogP contribution in [0.5, 0.6) is 0 Å². The van der Waals surface area contributed by atoms with Gasteiger partial charge >= 0.3 is 0 Å². The first kappa shape index (κ1) is 22.9. The van der Waals surface area contributed by atoms with Gasteiger partial charge in [0.05, 0.1) is 0 Å². The molecule has 0 radical (unpaired) electrons. The molecule has 3 rings (SSSR count). The monoisotopic (exact) mass is 416 g/mol. The first-order valence-corrected chi connectivity index (χ1v) is 11.8. The summed E-state index contributed by atoms with van der Waals surface area (Å²) in [5.41, 5.74) is 2.92. The predicted octanol–water partition coefficient (Wildman–Crippen LogP) is 8.31. The van der Waals surface area contributed by atoms with Gasteiger partial charge in [0.2, 0.25) is 0 Å². The van der Waals surface area contributed by atoms with E-state index in [4.69, 9.17) is 0 Å². The van der Waals surface area contributed by atoms with Gasteiger partial charge in [0.1, 0.15) is 5.82 Å². The number of halogens is 3. The van der Waals surface area contributed by atoms with Crippen LogP contribution in [-0.4, -0.2) is 0 Å². The molecule has 2 aromatic carbocycles. The van der Waals surface area contributed by atoms with Crippen LogP contribution in [-0.2, 0) is 19.3 Å². The van der Waals surface area contributed by atoms with Crippen molar-refractivity contribution in [2.24, 2.45) is 5.92 Å². The van der Waals surface area contributed by atoms with Crippen molar-refractivity contribution in [2.45, 2.75) is 90.4 Å². The molecule has 1 aliphatic rings. The number of benzene rings is 2. The van der Waals surface area contributed by atoms with Gasteiger partial charge in [0.15, 0.2) is 11.6 Å². The van der Waals surface area contributed by atoms with Gasteiger partial charge in [-0.05, 0) is 97.9 Å². The maximum absolute atomic E-state index is 14.7. The van der Waals surface area contributed by atoms with Crippen LogP contribution in [0.15, 0.2) is 30.3 Å². The third kappa shape index (κ3) is 5.68. The average Bonchev–Trinajstić information content (AvgIpc) is 2.76. The first-order chi connectivity index (χ1) is 14.5. The second-order valence-electron chi connectivity index (χ2n) is 8.98. The van der Waals surface area contributed by atoms with Gasteiger partial charge in [-0.15, -0.1) is 0 Å². The Morgan fingerprint density at radius 1 is 0.767 bits per heavy atom. The molecule has 0 aromatic heterocycles. The largest absolute Gasteiger partial charge is 0.207 e. The molecule has 0 spiro atoms. The van der Waals surface area contributed by atoms with Gasteiger partial charge in [-0.3, -0.25) is 0 Å². The second kappa shape index (κ2) is 11.0. The van der Waals surface area contributed by atoms with Gasteiger partial charge < -0.3 is 0 Å². The van der Waals surface area contributed by atoms with E-state index in [0.717, 1.165) is 75.3 Å². The normalized spacial score (nSPS) is 19.2. The van der Waals surface area contributed by atoms with Crippen LogP contribution < -0.4 is 0 Å². The molecule has 0 aliphatic heterocycles. The van der Waals surface area contributed by atoms with E-state index in [1.54, 1.807) is 12.1 Å². The minimum Gasteiger partial charge on any atom is -0.207 e. The highest BCUT2D eigenvalue weighted by Crippen LogP contribution is 2.39. The highest BCUT2D eigenvalue weighted by Gasteiger charge is 2.26. The molecule has 0 saturated heterocycles. The Kier molecular flexibility index (Phi) is 8.41. The van der Waals surface area contributed by atoms with Crippen molar-refractivity contribution >= 4 is 0 Å². The lowest BCUT2D eigenvalue weighted by Crippen LogP contribution is -2.16. The van der Waals surface area contributed by atoms with Crippen LogP contribution in [0.25, 0.3) is 0 Å². The zero-order valence-electron chi connectivity index (χ0n) is 18.5. The van der Waals surface area contributed by atoms with E-state index >= 15 is 0 Å². The van der Waals surface area contributed by atoms with Crippen LogP contribution in [0.1, 0.15) is 93.4 Å². The van der Waals surface area contributed by atoms with Gasteiger partial charge in [-0.1, -0.05) is 51.0 Å². The lowest BCUT2D eigenvalue weighted by molar-refractivity contribution is 0.304. The Labute approximate surface area is 179 Å². The summed E-state index contributed by atoms with van der Waals surface area (Å²) >= 11 is 0. The third-order valence-corrected chi connectivity index (χ3v) is 6.76. The van der Waals surface area contributed by atoms with E-state index < -0.39 is 11.6 Å². The third-order valence-electron chi connectivity index (χ3n) is 6.76. The zero-order valence-corrected chi connectivity index (χ0v) is 18.5. The number of hydrogen-bond acceptors (Lipinski definition) is 0. The van der Waals surface area contributed by atoms with Crippen molar-refractivity contribution in [3.8, 4) is 0 Å². The van der Waals surface area contributed by atoms with Crippen molar-refractivity contribution in [1.29, 1.82) is 0 Å². The van der Waals surface area contributed by atoms with Crippen molar-refractivity contribution in [3.63, 3.8) is 0 Å². The standard InChI is InChI=1S/C27H35F3/c1-3-5-7-23-16-17-24(27(30)26(23)29)21-13-10-19(11-14-21)8-9-20-12-15-22(6-4-2)25(28)18-20/h12,15-19,21H,3-11,13-14H2,1-2H3. The zero-order chi connectivity index (χ0) is 21.5. The smallest absolute Gasteiger partial charge is 0.162 e. The van der Waals surface area contributed by atoms with E-state index in [2.05, 4.69) is 19.9 Å². The lowest BCUT2D eigenvalue weighted by atomic mass is 9.76. The Balaban J connectivity index is 1.52. The maximum atomic E-state index is 14.7. The van der Waals surface area contributed by atoms with E-state index in [9.17, 15) is 13.2 Å². The molecule has 3 heteroatoms. The van der Waals surface area contributed by atoms with E-state index in [1.807, 2.05) is 12.1 Å². The fraction of sp³-hybridized carbons (Fsp3) is 0.556. The van der Waals surface area contributed by atoms with Crippen molar-refractivity contribution in [2.75, 3.05) is 0 Å². The van der Waals surface area contributed by atoms with Gasteiger partial charge in [0.25, 0.3) is 0 Å². The first-order valence-electron chi connectivity index (χ1n) is 11.8. The molecular weight excluding hydrogens is 381 g/mol. The van der Waals surface area contributed by atoms with Gasteiger partial charge in [-0.2, -0.15) is 0 Å². The predicted molar refractivity (Wildman–Crippen MR) is 118 cm³/mol. The highest BCUT2D eigenvalue weighted by atomic mass is 19.2. The minimum absolute atomic E-state index is 0.0852. The molecule has 164 valence electrons. The molecule has 0 unspecified atom stereocenters. The lowest BCUT2D eigenvalue weighted by Gasteiger charge is -2.29. The minimum atomic E-state index is -0.642. The van der Waals surface area contributed by atoms with Crippen molar-refractivity contribution in [3.05, 3.63) is 70.0 Å². The second-order valence-corrected chi connectivity index (χ2v) is 8.98. The van der Waals surface area contributed by atoms with Gasteiger partial charge in [0, 0.05) is 0 Å². The van der Waals surface area contributed by atoms with Crippen LogP contribution in [0, 0.1) is 23.4 Å². The highest BCUT2D eigenvalue weighted by molar-refractivity contribution is 5.29. The van der Waals surface area contributed by atoms with Crippen LogP contribution in [0.2, 0.25) is 0 Å². The van der Waals surface area contributed by atoms with Crippen LogP contribution in [0.3, 0.4) is 0 Å². The summed E-state index contributed by atoms with van der Waals surface area (Å²) in [5, 5.41) is 0. The summed E-state index contributed by atoms with van der Waals surface area (Å²) in [6.07, 6.45) is 9.97. The summed E-state index contributed by atoms with van der Waals surface area (Å²) < 4.78 is 43.2. The number of hydrogen-bond donors (Lipinski definition) is 0. The van der Waals surface area contributed by atoms with Crippen molar-refractivity contribution in [1.82, 2.24) is 0 Å². The molecule has 0 N–H and O–H groups in total. The quantitative estimate of drug-likeness (QED) is 0.385. The number of unbranched alkanes of at least 4 members (excludes halogenated alkanes) is 1. The molecule has 0 amide bonds. The number of rotatable bonds is 9. The fourth-order valence-electron chi connectivity index (χ4n) is 4.83. The molecule has 0 atom stereocenters. The van der Waals surface area contributed by atoms with E-state index in [-0.39, 0.29) is 11.7 Å². The summed E-state index contributed by atoms with van der Waals surface area (Å²) in [6.45, 7) is 4.11. The molecule has 30 heavy (non-hydrogen) atoms. The Morgan fingerprint density at radius 3 is 2.17 bits per heavy atom. The molecule has 1 aliphatic carbocycles. The van der Waals surface area contributed by atoms with Crippen LogP contribution >= 0.6 is 0 Å². The molecular formula is C27H35F3. The summed E-state index contributed by atoms with van der Waals surface area (Å²) in [4.78, 5) is 0. The Hall–Kier alpha value is -1.77.